The van der Waals surface area contributed by atoms with Gasteiger partial charge in [0, 0.05) is 6.54 Å². The number of rotatable bonds is 6. The van der Waals surface area contributed by atoms with E-state index < -0.39 is 18.0 Å². The molecule has 1 rings (SSSR count). The van der Waals surface area contributed by atoms with Crippen LogP contribution in [0.15, 0.2) is 24.3 Å². The summed E-state index contributed by atoms with van der Waals surface area (Å²) in [5.41, 5.74) is 0.472. The van der Waals surface area contributed by atoms with Gasteiger partial charge in [0.15, 0.2) is 0 Å². The van der Waals surface area contributed by atoms with E-state index in [-0.39, 0.29) is 18.4 Å². The lowest BCUT2D eigenvalue weighted by Gasteiger charge is -2.21. The first kappa shape index (κ1) is 15.6. The summed E-state index contributed by atoms with van der Waals surface area (Å²) in [4.78, 5) is 11.5. The van der Waals surface area contributed by atoms with E-state index in [1.807, 2.05) is 13.8 Å². The summed E-state index contributed by atoms with van der Waals surface area (Å²) < 4.78 is 17.7. The summed E-state index contributed by atoms with van der Waals surface area (Å²) in [7, 11) is 1.32. The molecule has 0 fully saturated rings. The normalized spacial score (nSPS) is 14.2. The van der Waals surface area contributed by atoms with Gasteiger partial charge in [-0.25, -0.2) is 4.39 Å². The van der Waals surface area contributed by atoms with E-state index in [0.717, 1.165) is 0 Å². The molecule has 106 valence electrons. The number of hydrogen-bond acceptors (Lipinski definition) is 4. The lowest BCUT2D eigenvalue weighted by Crippen LogP contribution is -2.43. The van der Waals surface area contributed by atoms with Gasteiger partial charge in [-0.15, -0.1) is 0 Å². The molecule has 1 aromatic carbocycles. The number of nitrogens with one attached hydrogen (secondary N) is 1. The van der Waals surface area contributed by atoms with E-state index in [1.165, 1.54) is 25.3 Å². The number of benzene rings is 1. The maximum atomic E-state index is 13.0. The van der Waals surface area contributed by atoms with Crippen molar-refractivity contribution in [3.8, 4) is 0 Å². The molecule has 5 heteroatoms. The van der Waals surface area contributed by atoms with Crippen molar-refractivity contribution < 1.29 is 19.0 Å². The van der Waals surface area contributed by atoms with E-state index >= 15 is 0 Å². The molecule has 0 radical (unpaired) electrons. The van der Waals surface area contributed by atoms with Crippen molar-refractivity contribution in [2.75, 3.05) is 13.7 Å². The molecule has 0 aliphatic rings. The fourth-order valence-corrected chi connectivity index (χ4v) is 1.79. The minimum atomic E-state index is -0.874. The SMILES string of the molecule is COC(=O)C(NCC(O)c1cccc(F)c1)C(C)C. The van der Waals surface area contributed by atoms with E-state index in [1.54, 1.807) is 6.07 Å². The highest BCUT2D eigenvalue weighted by atomic mass is 19.1. The van der Waals surface area contributed by atoms with Crippen LogP contribution < -0.4 is 5.32 Å². The summed E-state index contributed by atoms with van der Waals surface area (Å²) in [5, 5.41) is 12.9. The third-order valence-electron chi connectivity index (χ3n) is 2.89. The monoisotopic (exact) mass is 269 g/mol. The predicted octanol–water partition coefficient (Wildman–Crippen LogP) is 1.65. The average Bonchev–Trinajstić information content (AvgIpc) is 2.37. The quantitative estimate of drug-likeness (QED) is 0.771. The van der Waals surface area contributed by atoms with E-state index in [0.29, 0.717) is 5.56 Å². The topological polar surface area (TPSA) is 58.6 Å². The second-order valence-corrected chi connectivity index (χ2v) is 4.72. The van der Waals surface area contributed by atoms with Crippen molar-refractivity contribution in [2.45, 2.75) is 26.0 Å². The second-order valence-electron chi connectivity index (χ2n) is 4.72. The molecule has 0 aliphatic carbocycles. The fourth-order valence-electron chi connectivity index (χ4n) is 1.79. The Labute approximate surface area is 112 Å². The molecule has 4 nitrogen and oxygen atoms in total. The number of methoxy groups -OCH3 is 1. The molecule has 0 bridgehead atoms. The molecule has 0 spiro atoms. The standard InChI is InChI=1S/C14H20FNO3/c1-9(2)13(14(18)19-3)16-8-12(17)10-5-4-6-11(15)7-10/h4-7,9,12-13,16-17H,8H2,1-3H3. The lowest BCUT2D eigenvalue weighted by atomic mass is 10.0. The van der Waals surface area contributed by atoms with Crippen LogP contribution >= 0.6 is 0 Å². The van der Waals surface area contributed by atoms with Crippen molar-refractivity contribution in [2.24, 2.45) is 5.92 Å². The van der Waals surface area contributed by atoms with Crippen LogP contribution in [-0.2, 0) is 9.53 Å². The first-order valence-electron chi connectivity index (χ1n) is 6.20. The Kier molecular flexibility index (Phi) is 5.92. The number of hydrogen-bond donors (Lipinski definition) is 2. The maximum absolute atomic E-state index is 13.0. The second kappa shape index (κ2) is 7.21. The van der Waals surface area contributed by atoms with Gasteiger partial charge in [0.05, 0.1) is 13.2 Å². The molecular formula is C14H20FNO3. The molecule has 2 atom stereocenters. The number of carbonyl (C=O) groups is 1. The molecule has 2 N–H and O–H groups in total. The Hall–Kier alpha value is -1.46. The molecule has 0 aromatic heterocycles. The van der Waals surface area contributed by atoms with Crippen molar-refractivity contribution in [3.05, 3.63) is 35.6 Å². The largest absolute Gasteiger partial charge is 0.468 e. The fraction of sp³-hybridized carbons (Fsp3) is 0.500. The predicted molar refractivity (Wildman–Crippen MR) is 70.0 cm³/mol. The Morgan fingerprint density at radius 1 is 1.47 bits per heavy atom. The van der Waals surface area contributed by atoms with Crippen LogP contribution in [0.4, 0.5) is 4.39 Å². The van der Waals surface area contributed by atoms with Crippen molar-refractivity contribution in [1.82, 2.24) is 5.32 Å². The van der Waals surface area contributed by atoms with Crippen LogP contribution in [0.5, 0.6) is 0 Å². The zero-order chi connectivity index (χ0) is 14.4. The summed E-state index contributed by atoms with van der Waals surface area (Å²) in [5.74, 6) is -0.737. The first-order valence-corrected chi connectivity index (χ1v) is 6.20. The summed E-state index contributed by atoms with van der Waals surface area (Å²) in [6.07, 6.45) is -0.874. The number of aliphatic hydroxyl groups excluding tert-OH is 1. The molecule has 1 aromatic rings. The highest BCUT2D eigenvalue weighted by Crippen LogP contribution is 2.14. The molecule has 0 heterocycles. The Balaban J connectivity index is 2.61. The van der Waals surface area contributed by atoms with Gasteiger partial charge in [-0.05, 0) is 23.6 Å². The summed E-state index contributed by atoms with van der Waals surface area (Å²) >= 11 is 0. The van der Waals surface area contributed by atoms with Crippen LogP contribution in [0.3, 0.4) is 0 Å². The van der Waals surface area contributed by atoms with E-state index in [9.17, 15) is 14.3 Å². The molecule has 0 saturated heterocycles. The van der Waals surface area contributed by atoms with Gasteiger partial charge in [-0.1, -0.05) is 26.0 Å². The summed E-state index contributed by atoms with van der Waals surface area (Å²) in [6, 6.07) is 5.27. The minimum absolute atomic E-state index is 0.0344. The zero-order valence-electron chi connectivity index (χ0n) is 11.4. The molecule has 0 amide bonds. The third-order valence-corrected chi connectivity index (χ3v) is 2.89. The highest BCUT2D eigenvalue weighted by Gasteiger charge is 2.23. The Morgan fingerprint density at radius 2 is 2.16 bits per heavy atom. The van der Waals surface area contributed by atoms with Gasteiger partial charge in [-0.2, -0.15) is 0 Å². The van der Waals surface area contributed by atoms with E-state index in [2.05, 4.69) is 10.1 Å². The van der Waals surface area contributed by atoms with Crippen molar-refractivity contribution in [1.29, 1.82) is 0 Å². The van der Waals surface area contributed by atoms with Crippen molar-refractivity contribution >= 4 is 5.97 Å². The third kappa shape index (κ3) is 4.61. The molecule has 0 aliphatic heterocycles. The summed E-state index contributed by atoms with van der Waals surface area (Å²) in [6.45, 7) is 3.91. The number of carbonyl (C=O) groups excluding carboxylic acids is 1. The van der Waals surface area contributed by atoms with Crippen LogP contribution in [0, 0.1) is 11.7 Å². The smallest absolute Gasteiger partial charge is 0.323 e. The number of ether oxygens (including phenoxy) is 1. The van der Waals surface area contributed by atoms with E-state index in [4.69, 9.17) is 0 Å². The van der Waals surface area contributed by atoms with Gasteiger partial charge in [-0.3, -0.25) is 4.79 Å². The minimum Gasteiger partial charge on any atom is -0.468 e. The van der Waals surface area contributed by atoms with Crippen LogP contribution in [-0.4, -0.2) is 30.8 Å². The average molecular weight is 269 g/mol. The lowest BCUT2D eigenvalue weighted by molar-refractivity contribution is -0.144. The van der Waals surface area contributed by atoms with Gasteiger partial charge < -0.3 is 15.2 Å². The van der Waals surface area contributed by atoms with Crippen LogP contribution in [0.25, 0.3) is 0 Å². The first-order chi connectivity index (χ1) is 8.95. The van der Waals surface area contributed by atoms with Crippen LogP contribution in [0.2, 0.25) is 0 Å². The van der Waals surface area contributed by atoms with Crippen molar-refractivity contribution in [3.63, 3.8) is 0 Å². The van der Waals surface area contributed by atoms with Gasteiger partial charge in [0.1, 0.15) is 11.9 Å². The maximum Gasteiger partial charge on any atom is 0.323 e. The van der Waals surface area contributed by atoms with Crippen LogP contribution in [0.1, 0.15) is 25.5 Å². The molecule has 2 unspecified atom stereocenters. The number of halogens is 1. The molecule has 0 saturated carbocycles. The number of esters is 1. The molecular weight excluding hydrogens is 249 g/mol. The van der Waals surface area contributed by atoms with Gasteiger partial charge in [0.2, 0.25) is 0 Å². The van der Waals surface area contributed by atoms with Gasteiger partial charge in [0.25, 0.3) is 0 Å². The molecule has 19 heavy (non-hydrogen) atoms. The Morgan fingerprint density at radius 3 is 2.68 bits per heavy atom. The number of aliphatic hydroxyl groups is 1. The zero-order valence-corrected chi connectivity index (χ0v) is 11.4. The van der Waals surface area contributed by atoms with Gasteiger partial charge >= 0.3 is 5.97 Å². The Bertz CT molecular complexity index is 423. The highest BCUT2D eigenvalue weighted by molar-refractivity contribution is 5.75.